The van der Waals surface area contributed by atoms with Crippen LogP contribution >= 0.6 is 11.3 Å². The fourth-order valence-corrected chi connectivity index (χ4v) is 4.32. The summed E-state index contributed by atoms with van der Waals surface area (Å²) < 4.78 is 7.01. The standard InChI is InChI=1S/C17H20N4O2S/c1-10(2)5-11-6-12(23-20-11)8-21-9-19-16-15(17(21)22)13-3-4-18-7-14(13)24-16/h6,9-10,18H,3-5,7-8H2,1-2H3. The third-order valence-corrected chi connectivity index (χ3v) is 5.39. The van der Waals surface area contributed by atoms with Crippen LogP contribution in [0.2, 0.25) is 0 Å². The van der Waals surface area contributed by atoms with Crippen LogP contribution in [0, 0.1) is 5.92 Å². The Morgan fingerprint density at radius 3 is 3.17 bits per heavy atom. The molecule has 0 unspecified atom stereocenters. The molecule has 6 nitrogen and oxygen atoms in total. The average Bonchev–Trinajstić information content (AvgIpc) is 3.13. The van der Waals surface area contributed by atoms with Crippen molar-refractivity contribution >= 4 is 21.6 Å². The largest absolute Gasteiger partial charge is 0.359 e. The van der Waals surface area contributed by atoms with E-state index in [9.17, 15) is 4.79 Å². The molecule has 0 atom stereocenters. The van der Waals surface area contributed by atoms with Crippen molar-refractivity contribution < 1.29 is 4.52 Å². The molecule has 0 radical (unpaired) electrons. The number of nitrogens with one attached hydrogen (secondary N) is 1. The zero-order valence-electron chi connectivity index (χ0n) is 13.8. The van der Waals surface area contributed by atoms with Crippen LogP contribution < -0.4 is 10.9 Å². The first-order chi connectivity index (χ1) is 11.6. The highest BCUT2D eigenvalue weighted by molar-refractivity contribution is 7.18. The Bertz CT molecular complexity index is 938. The van der Waals surface area contributed by atoms with Crippen molar-refractivity contribution in [2.45, 2.75) is 39.8 Å². The molecule has 24 heavy (non-hydrogen) atoms. The van der Waals surface area contributed by atoms with E-state index < -0.39 is 0 Å². The second kappa shape index (κ2) is 6.14. The quantitative estimate of drug-likeness (QED) is 0.786. The zero-order chi connectivity index (χ0) is 16.7. The Hall–Kier alpha value is -1.99. The molecule has 1 aliphatic rings. The van der Waals surface area contributed by atoms with E-state index in [2.05, 4.69) is 29.3 Å². The molecule has 0 amide bonds. The Morgan fingerprint density at radius 1 is 1.46 bits per heavy atom. The third kappa shape index (κ3) is 2.78. The lowest BCUT2D eigenvalue weighted by Crippen LogP contribution is -2.25. The lowest BCUT2D eigenvalue weighted by molar-refractivity contribution is 0.366. The summed E-state index contributed by atoms with van der Waals surface area (Å²) in [5.74, 6) is 1.22. The van der Waals surface area contributed by atoms with Gasteiger partial charge in [0.05, 0.1) is 24.0 Å². The molecule has 3 aromatic rings. The first-order valence-corrected chi connectivity index (χ1v) is 9.08. The average molecular weight is 344 g/mol. The number of nitrogens with zero attached hydrogens (tertiary/aromatic N) is 3. The van der Waals surface area contributed by atoms with Crippen LogP contribution in [-0.2, 0) is 25.9 Å². The van der Waals surface area contributed by atoms with Crippen LogP contribution in [0.4, 0.5) is 0 Å². The van der Waals surface area contributed by atoms with Gasteiger partial charge < -0.3 is 9.84 Å². The molecule has 1 aliphatic heterocycles. The van der Waals surface area contributed by atoms with Crippen molar-refractivity contribution in [3.8, 4) is 0 Å². The Balaban J connectivity index is 1.68. The summed E-state index contributed by atoms with van der Waals surface area (Å²) in [4.78, 5) is 19.5. The van der Waals surface area contributed by atoms with E-state index in [1.165, 1.54) is 10.4 Å². The minimum absolute atomic E-state index is 0.0150. The van der Waals surface area contributed by atoms with Gasteiger partial charge in [0, 0.05) is 17.5 Å². The Kier molecular flexibility index (Phi) is 3.97. The van der Waals surface area contributed by atoms with Gasteiger partial charge in [-0.15, -0.1) is 11.3 Å². The molecule has 126 valence electrons. The number of hydrogen-bond acceptors (Lipinski definition) is 6. The van der Waals surface area contributed by atoms with Crippen molar-refractivity contribution in [2.75, 3.05) is 6.54 Å². The van der Waals surface area contributed by atoms with E-state index >= 15 is 0 Å². The van der Waals surface area contributed by atoms with Gasteiger partial charge in [-0.05, 0) is 30.9 Å². The maximum absolute atomic E-state index is 12.9. The zero-order valence-corrected chi connectivity index (χ0v) is 14.7. The molecular weight excluding hydrogens is 324 g/mol. The highest BCUT2D eigenvalue weighted by atomic mass is 32.1. The van der Waals surface area contributed by atoms with E-state index in [1.807, 2.05) is 6.07 Å². The number of thiophene rings is 1. The maximum atomic E-state index is 12.9. The van der Waals surface area contributed by atoms with E-state index in [1.54, 1.807) is 22.2 Å². The second-order valence-corrected chi connectivity index (χ2v) is 7.75. The molecule has 0 aliphatic carbocycles. The van der Waals surface area contributed by atoms with Crippen molar-refractivity contribution in [1.82, 2.24) is 20.0 Å². The molecule has 0 aromatic carbocycles. The molecule has 0 saturated heterocycles. The molecule has 4 rings (SSSR count). The molecule has 4 heterocycles. The Morgan fingerprint density at radius 2 is 2.33 bits per heavy atom. The van der Waals surface area contributed by atoms with Gasteiger partial charge in [-0.2, -0.15) is 0 Å². The summed E-state index contributed by atoms with van der Waals surface area (Å²) in [7, 11) is 0. The molecule has 1 N–H and O–H groups in total. The van der Waals surface area contributed by atoms with Gasteiger partial charge >= 0.3 is 0 Å². The van der Waals surface area contributed by atoms with Crippen LogP contribution in [-0.4, -0.2) is 21.3 Å². The summed E-state index contributed by atoms with van der Waals surface area (Å²) in [6, 6.07) is 1.93. The Labute approximate surface area is 143 Å². The molecule has 7 heteroatoms. The topological polar surface area (TPSA) is 73.0 Å². The van der Waals surface area contributed by atoms with Gasteiger partial charge in [-0.3, -0.25) is 9.36 Å². The van der Waals surface area contributed by atoms with E-state index in [0.29, 0.717) is 18.2 Å². The van der Waals surface area contributed by atoms with E-state index in [-0.39, 0.29) is 5.56 Å². The van der Waals surface area contributed by atoms with Crippen LogP contribution in [0.15, 0.2) is 21.7 Å². The fourth-order valence-electron chi connectivity index (χ4n) is 3.18. The van der Waals surface area contributed by atoms with Crippen LogP contribution in [0.5, 0.6) is 0 Å². The van der Waals surface area contributed by atoms with Gasteiger partial charge in [0.2, 0.25) is 0 Å². The summed E-state index contributed by atoms with van der Waals surface area (Å²) in [6.45, 7) is 6.40. The van der Waals surface area contributed by atoms with Crippen LogP contribution in [0.25, 0.3) is 10.2 Å². The fraction of sp³-hybridized carbons (Fsp3) is 0.471. The summed E-state index contributed by atoms with van der Waals surface area (Å²) in [5.41, 5.74) is 2.11. The summed E-state index contributed by atoms with van der Waals surface area (Å²) >= 11 is 1.62. The van der Waals surface area contributed by atoms with Gasteiger partial charge in [-0.1, -0.05) is 19.0 Å². The second-order valence-electron chi connectivity index (χ2n) is 6.67. The maximum Gasteiger partial charge on any atom is 0.262 e. The first-order valence-electron chi connectivity index (χ1n) is 8.26. The van der Waals surface area contributed by atoms with Crippen LogP contribution in [0.3, 0.4) is 0 Å². The third-order valence-electron chi connectivity index (χ3n) is 4.25. The number of aromatic nitrogens is 3. The first kappa shape index (κ1) is 15.5. The lowest BCUT2D eigenvalue weighted by atomic mass is 10.1. The van der Waals surface area contributed by atoms with Gasteiger partial charge in [0.1, 0.15) is 4.83 Å². The molecular formula is C17H20N4O2S. The van der Waals surface area contributed by atoms with Crippen molar-refractivity contribution in [3.63, 3.8) is 0 Å². The SMILES string of the molecule is CC(C)Cc1cc(Cn2cnc3sc4c(c3c2=O)CCNC4)on1. The number of hydrogen-bond donors (Lipinski definition) is 1. The van der Waals surface area contributed by atoms with Crippen molar-refractivity contribution in [1.29, 1.82) is 0 Å². The normalized spacial score (nSPS) is 14.5. The predicted octanol–water partition coefficient (Wildman–Crippen LogP) is 2.34. The lowest BCUT2D eigenvalue weighted by Gasteiger charge is -2.12. The van der Waals surface area contributed by atoms with Gasteiger partial charge in [0.25, 0.3) is 5.56 Å². The molecule has 0 spiro atoms. The molecule has 3 aromatic heterocycles. The number of fused-ring (bicyclic) bond motifs is 3. The van der Waals surface area contributed by atoms with Crippen molar-refractivity contribution in [2.24, 2.45) is 5.92 Å². The molecule has 0 bridgehead atoms. The summed E-state index contributed by atoms with van der Waals surface area (Å²) in [6.07, 6.45) is 3.38. The highest BCUT2D eigenvalue weighted by Crippen LogP contribution is 2.29. The minimum atomic E-state index is 0.0150. The highest BCUT2D eigenvalue weighted by Gasteiger charge is 2.20. The van der Waals surface area contributed by atoms with Gasteiger partial charge in [-0.25, -0.2) is 4.98 Å². The number of rotatable bonds is 4. The van der Waals surface area contributed by atoms with Crippen molar-refractivity contribution in [3.05, 3.63) is 44.6 Å². The minimum Gasteiger partial charge on any atom is -0.359 e. The van der Waals surface area contributed by atoms with Crippen LogP contribution in [0.1, 0.15) is 35.7 Å². The molecule has 0 saturated carbocycles. The monoisotopic (exact) mass is 344 g/mol. The van der Waals surface area contributed by atoms with Gasteiger partial charge in [0.15, 0.2) is 5.76 Å². The predicted molar refractivity (Wildman–Crippen MR) is 93.4 cm³/mol. The van der Waals surface area contributed by atoms with E-state index in [4.69, 9.17) is 4.52 Å². The summed E-state index contributed by atoms with van der Waals surface area (Å²) in [5, 5.41) is 8.21. The smallest absolute Gasteiger partial charge is 0.262 e. The van der Waals surface area contributed by atoms with E-state index in [0.717, 1.165) is 41.8 Å². The molecule has 0 fully saturated rings.